The van der Waals surface area contributed by atoms with Gasteiger partial charge in [0.05, 0.1) is 0 Å². The molecule has 0 saturated heterocycles. The largest absolute Gasteiger partial charge is 0.368 e. The highest BCUT2D eigenvalue weighted by atomic mass is 15.2. The lowest BCUT2D eigenvalue weighted by atomic mass is 10.1. The molecule has 0 aromatic heterocycles. The van der Waals surface area contributed by atoms with Crippen LogP contribution >= 0.6 is 0 Å². The number of hydrogen-bond acceptors (Lipinski definition) is 2. The average molecular weight is 246 g/mol. The number of para-hydroxylation sites is 1. The Bertz CT molecular complexity index is 362. The fourth-order valence-corrected chi connectivity index (χ4v) is 2.80. The van der Waals surface area contributed by atoms with Gasteiger partial charge >= 0.3 is 0 Å². The monoisotopic (exact) mass is 246 g/mol. The van der Waals surface area contributed by atoms with E-state index in [-0.39, 0.29) is 0 Å². The van der Waals surface area contributed by atoms with Gasteiger partial charge in [0.15, 0.2) is 0 Å². The van der Waals surface area contributed by atoms with E-state index in [1.807, 2.05) is 0 Å². The first-order valence-corrected chi connectivity index (χ1v) is 7.38. The van der Waals surface area contributed by atoms with Gasteiger partial charge < -0.3 is 10.2 Å². The van der Waals surface area contributed by atoms with Gasteiger partial charge in [-0.05, 0) is 57.3 Å². The van der Waals surface area contributed by atoms with Gasteiger partial charge in [-0.1, -0.05) is 25.1 Å². The van der Waals surface area contributed by atoms with Crippen LogP contribution in [0, 0.1) is 0 Å². The second-order valence-electron chi connectivity index (χ2n) is 5.31. The number of nitrogens with one attached hydrogen (secondary N) is 1. The summed E-state index contributed by atoms with van der Waals surface area (Å²) in [6.45, 7) is 8.09. The third-order valence-electron chi connectivity index (χ3n) is 3.86. The third-order valence-corrected chi connectivity index (χ3v) is 3.86. The van der Waals surface area contributed by atoms with Gasteiger partial charge in [0, 0.05) is 18.3 Å². The maximum atomic E-state index is 3.48. The van der Waals surface area contributed by atoms with E-state index in [1.165, 1.54) is 43.5 Å². The molecule has 1 heterocycles. The second-order valence-corrected chi connectivity index (χ2v) is 5.31. The van der Waals surface area contributed by atoms with Crippen LogP contribution in [0.2, 0.25) is 0 Å². The highest BCUT2D eigenvalue weighted by Gasteiger charge is 2.22. The minimum atomic E-state index is 0.664. The first kappa shape index (κ1) is 13.4. The van der Waals surface area contributed by atoms with Crippen LogP contribution in [-0.2, 0) is 6.42 Å². The summed E-state index contributed by atoms with van der Waals surface area (Å²) in [5.74, 6) is 0. The Labute approximate surface area is 111 Å². The van der Waals surface area contributed by atoms with Gasteiger partial charge in [0.25, 0.3) is 0 Å². The van der Waals surface area contributed by atoms with E-state index in [9.17, 15) is 0 Å². The molecule has 1 atom stereocenters. The van der Waals surface area contributed by atoms with E-state index in [0.717, 1.165) is 13.1 Å². The van der Waals surface area contributed by atoms with Gasteiger partial charge in [0.1, 0.15) is 0 Å². The number of benzene rings is 1. The zero-order valence-electron chi connectivity index (χ0n) is 11.8. The van der Waals surface area contributed by atoms with E-state index in [2.05, 4.69) is 48.3 Å². The lowest BCUT2D eigenvalue weighted by Crippen LogP contribution is -2.32. The topological polar surface area (TPSA) is 15.3 Å². The smallest absolute Gasteiger partial charge is 0.0401 e. The Morgan fingerprint density at radius 2 is 2.11 bits per heavy atom. The summed E-state index contributed by atoms with van der Waals surface area (Å²) in [5, 5.41) is 3.48. The fraction of sp³-hybridized carbons (Fsp3) is 0.625. The fourth-order valence-electron chi connectivity index (χ4n) is 2.80. The maximum Gasteiger partial charge on any atom is 0.0401 e. The van der Waals surface area contributed by atoms with Crippen LogP contribution in [0.1, 0.15) is 38.7 Å². The van der Waals surface area contributed by atoms with E-state index in [4.69, 9.17) is 0 Å². The molecule has 0 bridgehead atoms. The minimum Gasteiger partial charge on any atom is -0.368 e. The Morgan fingerprint density at radius 3 is 2.94 bits per heavy atom. The number of anilines is 1. The molecule has 2 rings (SSSR count). The normalized spacial score (nSPS) is 15.8. The second kappa shape index (κ2) is 6.79. The molecule has 0 fully saturated rings. The summed E-state index contributed by atoms with van der Waals surface area (Å²) >= 11 is 0. The highest BCUT2D eigenvalue weighted by Crippen LogP contribution is 2.30. The summed E-state index contributed by atoms with van der Waals surface area (Å²) in [6, 6.07) is 9.52. The molecule has 1 aliphatic rings. The molecule has 2 heteroatoms. The van der Waals surface area contributed by atoms with Crippen molar-refractivity contribution >= 4 is 5.69 Å². The number of fused-ring (bicyclic) bond motifs is 1. The number of nitrogens with zero attached hydrogens (tertiary/aromatic N) is 1. The zero-order chi connectivity index (χ0) is 12.8. The van der Waals surface area contributed by atoms with Gasteiger partial charge in [-0.25, -0.2) is 0 Å². The van der Waals surface area contributed by atoms with Crippen molar-refractivity contribution in [3.8, 4) is 0 Å². The molecule has 1 aromatic carbocycles. The van der Waals surface area contributed by atoms with Crippen molar-refractivity contribution in [3.63, 3.8) is 0 Å². The van der Waals surface area contributed by atoms with Crippen LogP contribution in [0.15, 0.2) is 24.3 Å². The van der Waals surface area contributed by atoms with E-state index in [0.29, 0.717) is 6.04 Å². The molecular formula is C16H26N2. The van der Waals surface area contributed by atoms with Gasteiger partial charge in [-0.2, -0.15) is 0 Å². The molecule has 1 N–H and O–H groups in total. The Balaban J connectivity index is 1.78. The first-order chi connectivity index (χ1) is 8.83. The van der Waals surface area contributed by atoms with Crippen molar-refractivity contribution in [3.05, 3.63) is 29.8 Å². The minimum absolute atomic E-state index is 0.664. The first-order valence-electron chi connectivity index (χ1n) is 7.38. The van der Waals surface area contributed by atoms with Gasteiger partial charge in [-0.3, -0.25) is 0 Å². The average Bonchev–Trinajstić information content (AvgIpc) is 2.82. The lowest BCUT2D eigenvalue weighted by Gasteiger charge is -2.27. The van der Waals surface area contributed by atoms with Gasteiger partial charge in [-0.15, -0.1) is 0 Å². The number of hydrogen-bond donors (Lipinski definition) is 1. The molecule has 2 nitrogen and oxygen atoms in total. The third kappa shape index (κ3) is 3.26. The van der Waals surface area contributed by atoms with Crippen LogP contribution in [-0.4, -0.2) is 25.7 Å². The summed E-state index contributed by atoms with van der Waals surface area (Å²) in [6.07, 6.45) is 5.01. The predicted octanol–water partition coefficient (Wildman–Crippen LogP) is 3.22. The molecule has 0 spiro atoms. The molecule has 0 amide bonds. The van der Waals surface area contributed by atoms with Crippen molar-refractivity contribution in [1.82, 2.24) is 5.32 Å². The van der Waals surface area contributed by atoms with Crippen molar-refractivity contribution in [1.29, 1.82) is 0 Å². The van der Waals surface area contributed by atoms with Crippen LogP contribution in [0.3, 0.4) is 0 Å². The van der Waals surface area contributed by atoms with E-state index in [1.54, 1.807) is 0 Å². The quantitative estimate of drug-likeness (QED) is 0.743. The van der Waals surface area contributed by atoms with Crippen molar-refractivity contribution in [2.75, 3.05) is 24.5 Å². The van der Waals surface area contributed by atoms with Crippen LogP contribution in [0.25, 0.3) is 0 Å². The maximum absolute atomic E-state index is 3.48. The summed E-state index contributed by atoms with van der Waals surface area (Å²) in [4.78, 5) is 2.58. The van der Waals surface area contributed by atoms with Crippen LogP contribution in [0.4, 0.5) is 5.69 Å². The summed E-state index contributed by atoms with van der Waals surface area (Å²) < 4.78 is 0. The summed E-state index contributed by atoms with van der Waals surface area (Å²) in [5.41, 5.74) is 2.99. The van der Waals surface area contributed by atoms with Crippen molar-refractivity contribution in [2.24, 2.45) is 0 Å². The summed E-state index contributed by atoms with van der Waals surface area (Å²) in [7, 11) is 0. The Kier molecular flexibility index (Phi) is 5.06. The zero-order valence-corrected chi connectivity index (χ0v) is 11.8. The molecule has 0 aliphatic carbocycles. The van der Waals surface area contributed by atoms with E-state index >= 15 is 0 Å². The SMILES string of the molecule is CCCNCCCC(C)N1CCc2ccccc21. The molecule has 1 aliphatic heterocycles. The van der Waals surface area contributed by atoms with Crippen molar-refractivity contribution < 1.29 is 0 Å². The molecule has 0 saturated carbocycles. The molecule has 1 aromatic rings. The Hall–Kier alpha value is -1.02. The van der Waals surface area contributed by atoms with Crippen LogP contribution in [0.5, 0.6) is 0 Å². The predicted molar refractivity (Wildman–Crippen MR) is 79.3 cm³/mol. The highest BCUT2D eigenvalue weighted by molar-refractivity contribution is 5.58. The molecule has 1 unspecified atom stereocenters. The van der Waals surface area contributed by atoms with Crippen molar-refractivity contribution in [2.45, 2.75) is 45.6 Å². The standard InChI is InChI=1S/C16H26N2/c1-3-11-17-12-6-7-14(2)18-13-10-15-8-4-5-9-16(15)18/h4-5,8-9,14,17H,3,6-7,10-13H2,1-2H3. The van der Waals surface area contributed by atoms with Crippen LogP contribution < -0.4 is 10.2 Å². The van der Waals surface area contributed by atoms with E-state index < -0.39 is 0 Å². The Morgan fingerprint density at radius 1 is 1.28 bits per heavy atom. The van der Waals surface area contributed by atoms with Gasteiger partial charge in [0.2, 0.25) is 0 Å². The molecule has 0 radical (unpaired) electrons. The lowest BCUT2D eigenvalue weighted by molar-refractivity contribution is 0.546. The molecular weight excluding hydrogens is 220 g/mol. The molecule has 100 valence electrons. The number of rotatable bonds is 7. The molecule has 18 heavy (non-hydrogen) atoms.